The average molecular weight is 395 g/mol. The van der Waals surface area contributed by atoms with Crippen molar-refractivity contribution in [2.24, 2.45) is 24.8 Å². The van der Waals surface area contributed by atoms with Crippen LogP contribution in [0.2, 0.25) is 0 Å². The lowest BCUT2D eigenvalue weighted by Gasteiger charge is -2.19. The van der Waals surface area contributed by atoms with E-state index in [0.29, 0.717) is 30.9 Å². The number of nitrogens with one attached hydrogen (secondary N) is 1. The Morgan fingerprint density at radius 2 is 1.93 bits per heavy atom. The van der Waals surface area contributed by atoms with Gasteiger partial charge in [-0.25, -0.2) is 0 Å². The predicted molar refractivity (Wildman–Crippen MR) is 97.1 cm³/mol. The topological polar surface area (TPSA) is 38.7 Å². The first-order valence-electron chi connectivity index (χ1n) is 9.42. The third kappa shape index (κ3) is 4.68. The van der Waals surface area contributed by atoms with Crippen LogP contribution in [0.4, 0.5) is 13.2 Å². The average Bonchev–Trinajstić information content (AvgIpc) is 2.96. The number of alkyl halides is 3. The molecule has 0 amide bonds. The fourth-order valence-corrected chi connectivity index (χ4v) is 4.06. The van der Waals surface area contributed by atoms with E-state index < -0.39 is 6.36 Å². The second kappa shape index (κ2) is 7.77. The third-order valence-corrected chi connectivity index (χ3v) is 5.63. The molecule has 28 heavy (non-hydrogen) atoms. The first-order valence-corrected chi connectivity index (χ1v) is 9.42. The maximum Gasteiger partial charge on any atom is 0.573 e. The van der Waals surface area contributed by atoms with Crippen LogP contribution in [0.3, 0.4) is 0 Å². The van der Waals surface area contributed by atoms with E-state index >= 15 is 0 Å². The molecule has 2 atom stereocenters. The van der Waals surface area contributed by atoms with E-state index in [1.54, 1.807) is 12.1 Å². The highest BCUT2D eigenvalue weighted by molar-refractivity contribution is 5.28. The van der Waals surface area contributed by atoms with Gasteiger partial charge in [0.1, 0.15) is 12.4 Å². The molecule has 1 aromatic carbocycles. The monoisotopic (exact) mass is 395 g/mol. The highest BCUT2D eigenvalue weighted by Crippen LogP contribution is 2.51. The van der Waals surface area contributed by atoms with Gasteiger partial charge in [-0.2, -0.15) is 5.06 Å². The van der Waals surface area contributed by atoms with E-state index in [9.17, 15) is 13.2 Å². The van der Waals surface area contributed by atoms with E-state index in [-0.39, 0.29) is 5.75 Å². The van der Waals surface area contributed by atoms with Gasteiger partial charge in [0.2, 0.25) is 0 Å². The molecular weight excluding hydrogens is 371 g/mol. The zero-order valence-electron chi connectivity index (χ0n) is 15.7. The Labute approximate surface area is 162 Å². The number of aryl methyl sites for hydroxylation is 1. The molecule has 2 unspecified atom stereocenters. The molecule has 2 heterocycles. The number of fused-ring (bicyclic) bond motifs is 1. The zero-order valence-corrected chi connectivity index (χ0v) is 15.7. The van der Waals surface area contributed by atoms with Crippen molar-refractivity contribution in [3.05, 3.63) is 53.9 Å². The molecule has 1 aromatic heterocycles. The lowest BCUT2D eigenvalue weighted by atomic mass is 10.2. The maximum absolute atomic E-state index is 12.3. The number of hydroxylamine groups is 2. The number of aromatic nitrogens is 1. The number of rotatable bonds is 8. The Morgan fingerprint density at radius 3 is 2.61 bits per heavy atom. The summed E-state index contributed by atoms with van der Waals surface area (Å²) in [4.78, 5) is 5.89. The van der Waals surface area contributed by atoms with Crippen LogP contribution in [0.5, 0.6) is 5.75 Å². The van der Waals surface area contributed by atoms with E-state index in [0.717, 1.165) is 30.9 Å². The number of hydrogen-bond acceptors (Lipinski definition) is 4. The van der Waals surface area contributed by atoms with Crippen LogP contribution in [-0.2, 0) is 25.0 Å². The highest BCUT2D eigenvalue weighted by atomic mass is 19.4. The van der Waals surface area contributed by atoms with Crippen LogP contribution in [0, 0.1) is 17.8 Å². The highest BCUT2D eigenvalue weighted by Gasteiger charge is 2.55. The van der Waals surface area contributed by atoms with Crippen LogP contribution < -0.4 is 10.1 Å². The summed E-state index contributed by atoms with van der Waals surface area (Å²) in [6.45, 7) is 3.86. The van der Waals surface area contributed by atoms with Gasteiger partial charge in [0.15, 0.2) is 0 Å². The Morgan fingerprint density at radius 1 is 1.14 bits per heavy atom. The molecule has 1 aliphatic carbocycles. The van der Waals surface area contributed by atoms with Gasteiger partial charge < -0.3 is 14.6 Å². The smallest absolute Gasteiger partial charge is 0.406 e. The summed E-state index contributed by atoms with van der Waals surface area (Å²) in [5.74, 6) is 1.72. The van der Waals surface area contributed by atoms with Crippen LogP contribution in [-0.4, -0.2) is 35.6 Å². The van der Waals surface area contributed by atoms with Gasteiger partial charge in [0.05, 0.1) is 0 Å². The largest absolute Gasteiger partial charge is 0.573 e. The quantitative estimate of drug-likeness (QED) is 0.744. The molecule has 0 spiro atoms. The van der Waals surface area contributed by atoms with Crippen molar-refractivity contribution in [2.45, 2.75) is 19.5 Å². The van der Waals surface area contributed by atoms with Crippen LogP contribution >= 0.6 is 0 Å². The fraction of sp³-hybridized carbons (Fsp3) is 0.500. The van der Waals surface area contributed by atoms with Gasteiger partial charge in [-0.15, -0.1) is 13.2 Å². The molecule has 4 rings (SSSR count). The van der Waals surface area contributed by atoms with Gasteiger partial charge in [-0.1, -0.05) is 12.1 Å². The van der Waals surface area contributed by atoms with Crippen molar-refractivity contribution in [3.63, 3.8) is 0 Å². The van der Waals surface area contributed by atoms with Crippen LogP contribution in [0.25, 0.3) is 0 Å². The first kappa shape index (κ1) is 19.3. The molecule has 2 aromatic rings. The van der Waals surface area contributed by atoms with Gasteiger partial charge in [0.25, 0.3) is 0 Å². The molecule has 0 radical (unpaired) electrons. The second-order valence-electron chi connectivity index (χ2n) is 7.55. The molecular formula is C20H24F3N3O2. The molecule has 2 fully saturated rings. The Hall–Kier alpha value is -2.03. The number of halogens is 3. The summed E-state index contributed by atoms with van der Waals surface area (Å²) < 4.78 is 42.9. The Bertz CT molecular complexity index is 796. The zero-order chi connectivity index (χ0) is 19.7. The summed E-state index contributed by atoms with van der Waals surface area (Å²) in [5, 5.41) is 5.41. The number of benzene rings is 1. The van der Waals surface area contributed by atoms with Crippen molar-refractivity contribution in [2.75, 3.05) is 19.6 Å². The van der Waals surface area contributed by atoms with Gasteiger partial charge in [-0.3, -0.25) is 4.84 Å². The minimum atomic E-state index is -4.66. The number of hydrogen-bond donors (Lipinski definition) is 1. The van der Waals surface area contributed by atoms with E-state index in [1.807, 2.05) is 19.3 Å². The molecule has 2 aliphatic rings. The van der Waals surface area contributed by atoms with Crippen molar-refractivity contribution in [3.8, 4) is 5.75 Å². The SMILES string of the molecule is Cn1cccc1CON1CC2C(CNCc3cccc(OC(F)(F)F)c3)C2C1. The molecule has 152 valence electrons. The predicted octanol–water partition coefficient (Wildman–Crippen LogP) is 3.32. The summed E-state index contributed by atoms with van der Waals surface area (Å²) in [7, 11) is 2.01. The molecule has 0 bridgehead atoms. The van der Waals surface area contributed by atoms with E-state index in [1.165, 1.54) is 12.1 Å². The lowest BCUT2D eigenvalue weighted by molar-refractivity contribution is -0.274. The van der Waals surface area contributed by atoms with Crippen molar-refractivity contribution in [1.82, 2.24) is 14.9 Å². The third-order valence-electron chi connectivity index (χ3n) is 5.63. The minimum Gasteiger partial charge on any atom is -0.406 e. The van der Waals surface area contributed by atoms with Gasteiger partial charge in [0, 0.05) is 38.6 Å². The van der Waals surface area contributed by atoms with Gasteiger partial charge in [-0.05, 0) is 54.1 Å². The summed E-state index contributed by atoms with van der Waals surface area (Å²) >= 11 is 0. The second-order valence-corrected chi connectivity index (χ2v) is 7.55. The van der Waals surface area contributed by atoms with E-state index in [2.05, 4.69) is 25.8 Å². The maximum atomic E-state index is 12.3. The summed E-state index contributed by atoms with van der Waals surface area (Å²) in [5.41, 5.74) is 1.93. The van der Waals surface area contributed by atoms with Crippen molar-refractivity contribution >= 4 is 0 Å². The minimum absolute atomic E-state index is 0.180. The standard InChI is InChI=1S/C20H24F3N3O2/c1-25-7-3-5-15(25)13-27-26-11-18-17(19(18)12-26)10-24-9-14-4-2-6-16(8-14)28-20(21,22)23/h2-8,17-19,24H,9-13H2,1H3. The molecule has 1 N–H and O–H groups in total. The first-order chi connectivity index (χ1) is 13.4. The van der Waals surface area contributed by atoms with Crippen LogP contribution in [0.15, 0.2) is 42.6 Å². The number of nitrogens with zero attached hydrogens (tertiary/aromatic N) is 2. The van der Waals surface area contributed by atoms with Crippen molar-refractivity contribution in [1.29, 1.82) is 0 Å². The number of ether oxygens (including phenoxy) is 1. The van der Waals surface area contributed by atoms with Crippen LogP contribution in [0.1, 0.15) is 11.3 Å². The Balaban J connectivity index is 1.16. The normalized spacial score (nSPS) is 24.4. The van der Waals surface area contributed by atoms with E-state index in [4.69, 9.17) is 4.84 Å². The van der Waals surface area contributed by atoms with Gasteiger partial charge >= 0.3 is 6.36 Å². The summed E-state index contributed by atoms with van der Waals surface area (Å²) in [6, 6.07) is 10.2. The Kier molecular flexibility index (Phi) is 5.35. The molecule has 8 heteroatoms. The molecule has 5 nitrogen and oxygen atoms in total. The fourth-order valence-electron chi connectivity index (χ4n) is 4.06. The number of piperidine rings is 1. The lowest BCUT2D eigenvalue weighted by Crippen LogP contribution is -2.28. The van der Waals surface area contributed by atoms with Crippen molar-refractivity contribution < 1.29 is 22.7 Å². The molecule has 1 saturated heterocycles. The molecule has 1 aliphatic heterocycles. The summed E-state index contributed by atoms with van der Waals surface area (Å²) in [6.07, 6.45) is -2.65. The molecule has 1 saturated carbocycles.